The number of esters is 2. The molecular formula is C31H36O6S. The maximum Gasteiger partial charge on any atom is 0.324 e. The number of benzene rings is 2. The van der Waals surface area contributed by atoms with Crippen molar-refractivity contribution >= 4 is 21.8 Å². The molecule has 6 nitrogen and oxygen atoms in total. The third-order valence-corrected chi connectivity index (χ3v) is 7.76. The van der Waals surface area contributed by atoms with Gasteiger partial charge in [-0.2, -0.15) is 0 Å². The Morgan fingerprint density at radius 3 is 1.82 bits per heavy atom. The van der Waals surface area contributed by atoms with Crippen LogP contribution in [0.25, 0.3) is 0 Å². The van der Waals surface area contributed by atoms with E-state index in [1.807, 2.05) is 65.0 Å². The van der Waals surface area contributed by atoms with Crippen LogP contribution in [0.4, 0.5) is 0 Å². The molecule has 0 aliphatic rings. The highest BCUT2D eigenvalue weighted by Crippen LogP contribution is 2.37. The van der Waals surface area contributed by atoms with Gasteiger partial charge in [-0.3, -0.25) is 9.59 Å². The van der Waals surface area contributed by atoms with Crippen LogP contribution in [0.2, 0.25) is 0 Å². The van der Waals surface area contributed by atoms with Crippen molar-refractivity contribution in [1.29, 1.82) is 0 Å². The number of hydrogen-bond acceptors (Lipinski definition) is 6. The first-order valence-electron chi connectivity index (χ1n) is 12.2. The van der Waals surface area contributed by atoms with Crippen LogP contribution in [0.5, 0.6) is 0 Å². The van der Waals surface area contributed by atoms with Crippen molar-refractivity contribution in [3.8, 4) is 11.8 Å². The molecule has 0 bridgehead atoms. The van der Waals surface area contributed by atoms with Crippen LogP contribution >= 0.6 is 0 Å². The number of methoxy groups -OCH3 is 2. The standard InChI is InChI=1S/C31H36O6S/c1-29(2,3)20-14-21-31(27(32)36-6,28(33)37-7)23-26(38(34,35)25-17-12-9-13-18-25)19-22-30(4,5)24-15-10-8-11-16-24/h8-13,15-18,22H,21,23H2,1-7H3. The van der Waals surface area contributed by atoms with Gasteiger partial charge in [-0.1, -0.05) is 68.3 Å². The third-order valence-electron chi connectivity index (χ3n) is 5.96. The van der Waals surface area contributed by atoms with Gasteiger partial charge in [0, 0.05) is 23.7 Å². The molecule has 2 rings (SSSR count). The molecule has 0 amide bonds. The van der Waals surface area contributed by atoms with E-state index >= 15 is 0 Å². The van der Waals surface area contributed by atoms with Crippen LogP contribution in [0.1, 0.15) is 53.0 Å². The molecule has 0 atom stereocenters. The Labute approximate surface area is 226 Å². The highest BCUT2D eigenvalue weighted by Gasteiger charge is 2.50. The van der Waals surface area contributed by atoms with E-state index in [1.54, 1.807) is 24.3 Å². The zero-order valence-corrected chi connectivity index (χ0v) is 23.9. The van der Waals surface area contributed by atoms with E-state index in [4.69, 9.17) is 9.47 Å². The normalized spacial score (nSPS) is 11.9. The largest absolute Gasteiger partial charge is 0.468 e. The molecule has 0 aromatic heterocycles. The monoisotopic (exact) mass is 536 g/mol. The van der Waals surface area contributed by atoms with E-state index in [-0.39, 0.29) is 16.2 Å². The first-order chi connectivity index (χ1) is 17.7. The summed E-state index contributed by atoms with van der Waals surface area (Å²) in [5.41, 5.74) is 0.860. The van der Waals surface area contributed by atoms with Gasteiger partial charge in [0.2, 0.25) is 9.84 Å². The van der Waals surface area contributed by atoms with Crippen LogP contribution in [0.3, 0.4) is 0 Å². The summed E-state index contributed by atoms with van der Waals surface area (Å²) >= 11 is 0. The highest BCUT2D eigenvalue weighted by atomic mass is 32.2. The van der Waals surface area contributed by atoms with Gasteiger partial charge in [-0.15, -0.1) is 11.7 Å². The summed E-state index contributed by atoms with van der Waals surface area (Å²) in [6, 6.07) is 17.4. The van der Waals surface area contributed by atoms with Gasteiger partial charge in [-0.05, 0) is 44.5 Å². The predicted octanol–water partition coefficient (Wildman–Crippen LogP) is 5.64. The van der Waals surface area contributed by atoms with Crippen molar-refractivity contribution in [2.24, 2.45) is 10.8 Å². The average molecular weight is 537 g/mol. The second kappa shape index (κ2) is 12.3. The molecule has 0 fully saturated rings. The summed E-state index contributed by atoms with van der Waals surface area (Å²) in [5.74, 6) is 4.03. The Bertz CT molecular complexity index is 1350. The number of sulfone groups is 1. The molecule has 2 aromatic rings. The van der Waals surface area contributed by atoms with Gasteiger partial charge in [0.25, 0.3) is 0 Å². The molecule has 0 saturated heterocycles. The lowest BCUT2D eigenvalue weighted by molar-refractivity contribution is -0.168. The predicted molar refractivity (Wildman–Crippen MR) is 148 cm³/mol. The number of allylic oxidation sites excluding steroid dienone is 1. The van der Waals surface area contributed by atoms with Crippen molar-refractivity contribution in [2.45, 2.75) is 57.8 Å². The van der Waals surface area contributed by atoms with Crippen molar-refractivity contribution in [1.82, 2.24) is 0 Å². The van der Waals surface area contributed by atoms with Crippen LogP contribution in [-0.4, -0.2) is 34.6 Å². The topological polar surface area (TPSA) is 86.7 Å². The fourth-order valence-electron chi connectivity index (χ4n) is 3.74. The van der Waals surface area contributed by atoms with Crippen LogP contribution in [-0.2, 0) is 34.3 Å². The van der Waals surface area contributed by atoms with E-state index in [1.165, 1.54) is 12.1 Å². The van der Waals surface area contributed by atoms with Crippen molar-refractivity contribution < 1.29 is 27.5 Å². The minimum atomic E-state index is -4.17. The summed E-state index contributed by atoms with van der Waals surface area (Å²) in [5, 5.41) is 0. The van der Waals surface area contributed by atoms with Gasteiger partial charge in [-0.25, -0.2) is 8.42 Å². The third kappa shape index (κ3) is 7.47. The number of carbonyl (C=O) groups excluding carboxylic acids is 2. The maximum atomic E-state index is 13.9. The van der Waals surface area contributed by atoms with Gasteiger partial charge >= 0.3 is 11.9 Å². The van der Waals surface area contributed by atoms with E-state index in [0.717, 1.165) is 19.8 Å². The molecule has 0 aliphatic carbocycles. The molecule has 0 saturated carbocycles. The number of carbonyl (C=O) groups is 2. The first-order valence-corrected chi connectivity index (χ1v) is 13.7. The molecule has 0 radical (unpaired) electrons. The van der Waals surface area contributed by atoms with Gasteiger partial charge < -0.3 is 9.47 Å². The number of ether oxygens (including phenoxy) is 2. The molecule has 0 heterocycles. The van der Waals surface area contributed by atoms with Gasteiger partial charge in [0.1, 0.15) is 0 Å². The Hall–Kier alpha value is -3.59. The zero-order chi connectivity index (χ0) is 28.6. The minimum absolute atomic E-state index is 0.0119. The quantitative estimate of drug-likeness (QED) is 0.178. The van der Waals surface area contributed by atoms with E-state index < -0.39 is 44.4 Å². The Morgan fingerprint density at radius 1 is 0.842 bits per heavy atom. The Balaban J connectivity index is 2.84. The van der Waals surface area contributed by atoms with Crippen LogP contribution < -0.4 is 0 Å². The highest BCUT2D eigenvalue weighted by molar-refractivity contribution is 7.95. The number of rotatable bonds is 9. The molecule has 0 aliphatic heterocycles. The molecule has 0 N–H and O–H groups in total. The van der Waals surface area contributed by atoms with Gasteiger partial charge in [0.15, 0.2) is 5.41 Å². The summed E-state index contributed by atoms with van der Waals surface area (Å²) < 4.78 is 37.7. The molecule has 0 unspecified atom stereocenters. The molecular weight excluding hydrogens is 500 g/mol. The molecule has 7 heteroatoms. The summed E-state index contributed by atoms with van der Waals surface area (Å²) in [6.07, 6.45) is 0.809. The second-order valence-electron chi connectivity index (χ2n) is 10.6. The average Bonchev–Trinajstić information content (AvgIpc) is 2.89. The lowest BCUT2D eigenvalue weighted by Gasteiger charge is -2.27. The molecule has 202 valence electrons. The molecule has 38 heavy (non-hydrogen) atoms. The molecule has 0 spiro atoms. The SMILES string of the molecule is COC(=O)C(CC#CC(C)(C)C)(CC(=C=CC(C)(C)c1ccccc1)S(=O)(=O)c1ccccc1)C(=O)OC. The first kappa shape index (κ1) is 30.6. The van der Waals surface area contributed by atoms with E-state index in [0.29, 0.717) is 0 Å². The lowest BCUT2D eigenvalue weighted by Crippen LogP contribution is -2.42. The van der Waals surface area contributed by atoms with E-state index in [2.05, 4.69) is 17.6 Å². The summed E-state index contributed by atoms with van der Waals surface area (Å²) in [4.78, 5) is 26.1. The zero-order valence-electron chi connectivity index (χ0n) is 23.1. The van der Waals surface area contributed by atoms with E-state index in [9.17, 15) is 18.0 Å². The fraction of sp³-hybridized carbons (Fsp3) is 0.387. The molecule has 2 aromatic carbocycles. The van der Waals surface area contributed by atoms with Crippen LogP contribution in [0, 0.1) is 22.7 Å². The number of hydrogen-bond donors (Lipinski definition) is 0. The van der Waals surface area contributed by atoms with Crippen molar-refractivity contribution in [3.63, 3.8) is 0 Å². The fourth-order valence-corrected chi connectivity index (χ4v) is 5.19. The van der Waals surface area contributed by atoms with Crippen molar-refractivity contribution in [3.05, 3.63) is 82.9 Å². The van der Waals surface area contributed by atoms with Crippen LogP contribution in [0.15, 0.2) is 82.3 Å². The summed E-state index contributed by atoms with van der Waals surface area (Å²) in [7, 11) is -1.89. The second-order valence-corrected chi connectivity index (χ2v) is 12.6. The minimum Gasteiger partial charge on any atom is -0.468 e. The lowest BCUT2D eigenvalue weighted by atomic mass is 9.80. The maximum absolute atomic E-state index is 13.9. The van der Waals surface area contributed by atoms with Crippen molar-refractivity contribution in [2.75, 3.05) is 14.2 Å². The smallest absolute Gasteiger partial charge is 0.324 e. The Morgan fingerprint density at radius 2 is 1.34 bits per heavy atom. The Kier molecular flexibility index (Phi) is 9.92. The summed E-state index contributed by atoms with van der Waals surface area (Å²) in [6.45, 7) is 9.50. The van der Waals surface area contributed by atoms with Gasteiger partial charge in [0.05, 0.1) is 24.0 Å².